The van der Waals surface area contributed by atoms with E-state index >= 15 is 0 Å². The van der Waals surface area contributed by atoms with E-state index in [2.05, 4.69) is 32.6 Å². The number of ketones is 1. The number of piperidine rings is 1. The summed E-state index contributed by atoms with van der Waals surface area (Å²) in [5.41, 5.74) is -0.923. The van der Waals surface area contributed by atoms with Crippen LogP contribution in [-0.4, -0.2) is 29.2 Å². The van der Waals surface area contributed by atoms with Gasteiger partial charge >= 0.3 is 0 Å². The summed E-state index contributed by atoms with van der Waals surface area (Å²) >= 11 is 0. The molecule has 1 heterocycles. The molecule has 3 aliphatic rings. The van der Waals surface area contributed by atoms with Crippen molar-refractivity contribution in [2.24, 2.45) is 16.2 Å². The fourth-order valence-corrected chi connectivity index (χ4v) is 5.30. The topological polar surface area (TPSA) is 37.4 Å². The number of rotatable bonds is 2. The van der Waals surface area contributed by atoms with Crippen LogP contribution in [-0.2, 0) is 9.59 Å². The quantitative estimate of drug-likeness (QED) is 0.780. The highest BCUT2D eigenvalue weighted by molar-refractivity contribution is 5.99. The molecule has 2 saturated carbocycles. The van der Waals surface area contributed by atoms with E-state index in [9.17, 15) is 9.59 Å². The van der Waals surface area contributed by atoms with Crippen LogP contribution >= 0.6 is 0 Å². The standard InChI is InChI=1S/C18H29NO2/c1-5-13-8-6-7-11-19(13)15(21)18-10-9-17(4,14(20)12-18)16(18,2)3/h13H,5-12H2,1-4H3. The van der Waals surface area contributed by atoms with Crippen molar-refractivity contribution in [3.8, 4) is 0 Å². The molecular formula is C18H29NO2. The van der Waals surface area contributed by atoms with Crippen LogP contribution in [0.3, 0.4) is 0 Å². The minimum Gasteiger partial charge on any atom is -0.339 e. The SMILES string of the molecule is CCC1CCCCN1C(=O)C12CCC(C)(C(=O)C1)C2(C)C. The van der Waals surface area contributed by atoms with Crippen LogP contribution in [0.5, 0.6) is 0 Å². The molecule has 0 spiro atoms. The number of Topliss-reactive ketones (excluding diaryl/α,β-unsaturated/α-hetero) is 1. The Hall–Kier alpha value is -0.860. The molecule has 0 aromatic rings. The number of hydrogen-bond acceptors (Lipinski definition) is 2. The van der Waals surface area contributed by atoms with Gasteiger partial charge in [0.1, 0.15) is 5.78 Å². The molecule has 118 valence electrons. The minimum atomic E-state index is -0.427. The van der Waals surface area contributed by atoms with E-state index in [-0.39, 0.29) is 16.7 Å². The zero-order chi connectivity index (χ0) is 15.5. The first-order valence-electron chi connectivity index (χ1n) is 8.64. The number of fused-ring (bicyclic) bond motifs is 2. The van der Waals surface area contributed by atoms with Crippen LogP contribution in [0.4, 0.5) is 0 Å². The zero-order valence-corrected chi connectivity index (χ0v) is 14.0. The van der Waals surface area contributed by atoms with Crippen molar-refractivity contribution in [2.75, 3.05) is 6.54 Å². The third-order valence-electron chi connectivity index (χ3n) is 7.47. The number of carbonyl (C=O) groups excluding carboxylic acids is 2. The first kappa shape index (κ1) is 15.1. The second-order valence-electron chi connectivity index (χ2n) is 8.20. The van der Waals surface area contributed by atoms with Crippen molar-refractivity contribution in [1.82, 2.24) is 4.90 Å². The smallest absolute Gasteiger partial charge is 0.230 e. The van der Waals surface area contributed by atoms with Gasteiger partial charge in [0.15, 0.2) is 0 Å². The van der Waals surface area contributed by atoms with Crippen LogP contribution in [0.2, 0.25) is 0 Å². The monoisotopic (exact) mass is 291 g/mol. The van der Waals surface area contributed by atoms with E-state index in [1.54, 1.807) is 0 Å². The Morgan fingerprint density at radius 3 is 2.48 bits per heavy atom. The third-order valence-corrected chi connectivity index (χ3v) is 7.47. The van der Waals surface area contributed by atoms with E-state index in [4.69, 9.17) is 0 Å². The normalized spacial score (nSPS) is 41.6. The number of likely N-dealkylation sites (tertiary alicyclic amines) is 1. The number of amides is 1. The minimum absolute atomic E-state index is 0.204. The highest BCUT2D eigenvalue weighted by Crippen LogP contribution is 2.71. The fraction of sp³-hybridized carbons (Fsp3) is 0.889. The molecule has 2 bridgehead atoms. The Balaban J connectivity index is 1.96. The van der Waals surface area contributed by atoms with Gasteiger partial charge in [-0.3, -0.25) is 9.59 Å². The molecule has 3 nitrogen and oxygen atoms in total. The number of hydrogen-bond donors (Lipinski definition) is 0. The first-order chi connectivity index (χ1) is 9.80. The average Bonchev–Trinajstić information content (AvgIpc) is 2.76. The van der Waals surface area contributed by atoms with Gasteiger partial charge in [0.05, 0.1) is 5.41 Å². The lowest BCUT2D eigenvalue weighted by Gasteiger charge is -2.45. The van der Waals surface area contributed by atoms with E-state index in [1.807, 2.05) is 0 Å². The van der Waals surface area contributed by atoms with Gasteiger partial charge < -0.3 is 4.90 Å². The lowest BCUT2D eigenvalue weighted by atomic mass is 9.64. The van der Waals surface area contributed by atoms with E-state index < -0.39 is 5.41 Å². The maximum atomic E-state index is 13.4. The molecule has 3 unspecified atom stereocenters. The van der Waals surface area contributed by atoms with Gasteiger partial charge in [-0.15, -0.1) is 0 Å². The summed E-state index contributed by atoms with van der Waals surface area (Å²) in [7, 11) is 0. The first-order valence-corrected chi connectivity index (χ1v) is 8.64. The van der Waals surface area contributed by atoms with Crippen molar-refractivity contribution < 1.29 is 9.59 Å². The lowest BCUT2D eigenvalue weighted by Crippen LogP contribution is -2.53. The predicted molar refractivity (Wildman–Crippen MR) is 82.8 cm³/mol. The third kappa shape index (κ3) is 1.66. The van der Waals surface area contributed by atoms with E-state index in [1.165, 1.54) is 6.42 Å². The molecule has 3 rings (SSSR count). The van der Waals surface area contributed by atoms with Crippen molar-refractivity contribution >= 4 is 11.7 Å². The molecule has 0 radical (unpaired) electrons. The Labute approximate surface area is 128 Å². The second kappa shape index (κ2) is 4.57. The molecule has 1 amide bonds. The van der Waals surface area contributed by atoms with Gasteiger partial charge in [-0.25, -0.2) is 0 Å². The van der Waals surface area contributed by atoms with Crippen LogP contribution in [0.25, 0.3) is 0 Å². The fourth-order valence-electron chi connectivity index (χ4n) is 5.30. The molecule has 0 aromatic carbocycles. The Morgan fingerprint density at radius 2 is 1.95 bits per heavy atom. The zero-order valence-electron chi connectivity index (χ0n) is 14.0. The summed E-state index contributed by atoms with van der Waals surface area (Å²) in [6.45, 7) is 9.48. The molecule has 3 atom stereocenters. The van der Waals surface area contributed by atoms with Crippen molar-refractivity contribution in [1.29, 1.82) is 0 Å². The molecule has 2 aliphatic carbocycles. The maximum absolute atomic E-state index is 13.4. The largest absolute Gasteiger partial charge is 0.339 e. The van der Waals surface area contributed by atoms with Crippen LogP contribution in [0, 0.1) is 16.2 Å². The van der Waals surface area contributed by atoms with Gasteiger partial charge in [0.2, 0.25) is 5.91 Å². The summed E-state index contributed by atoms with van der Waals surface area (Å²) in [4.78, 5) is 28.1. The highest BCUT2D eigenvalue weighted by atomic mass is 16.2. The summed E-state index contributed by atoms with van der Waals surface area (Å²) in [6.07, 6.45) is 6.77. The Morgan fingerprint density at radius 1 is 1.24 bits per heavy atom. The number of nitrogens with zero attached hydrogens (tertiary/aromatic N) is 1. The van der Waals surface area contributed by atoms with Crippen LogP contribution in [0.1, 0.15) is 72.6 Å². The van der Waals surface area contributed by atoms with E-state index in [0.717, 1.165) is 38.6 Å². The van der Waals surface area contributed by atoms with Crippen LogP contribution < -0.4 is 0 Å². The second-order valence-corrected chi connectivity index (χ2v) is 8.20. The number of carbonyl (C=O) groups is 2. The summed E-state index contributed by atoms with van der Waals surface area (Å²) in [6, 6.07) is 0.388. The van der Waals surface area contributed by atoms with Gasteiger partial charge in [-0.2, -0.15) is 0 Å². The van der Waals surface area contributed by atoms with Crippen molar-refractivity contribution in [3.05, 3.63) is 0 Å². The molecule has 0 aromatic heterocycles. The van der Waals surface area contributed by atoms with E-state index in [0.29, 0.717) is 18.2 Å². The molecule has 1 aliphatic heterocycles. The predicted octanol–water partition coefficient (Wildman–Crippen LogP) is 3.56. The molecule has 3 heteroatoms. The van der Waals surface area contributed by atoms with Crippen molar-refractivity contribution in [2.45, 2.75) is 78.7 Å². The van der Waals surface area contributed by atoms with Gasteiger partial charge in [-0.1, -0.05) is 27.7 Å². The summed E-state index contributed by atoms with van der Waals surface area (Å²) < 4.78 is 0. The van der Waals surface area contributed by atoms with Crippen LogP contribution in [0.15, 0.2) is 0 Å². The van der Waals surface area contributed by atoms with Gasteiger partial charge in [-0.05, 0) is 43.9 Å². The summed E-state index contributed by atoms with van der Waals surface area (Å²) in [5, 5.41) is 0. The van der Waals surface area contributed by atoms with Gasteiger partial charge in [0, 0.05) is 24.4 Å². The van der Waals surface area contributed by atoms with Gasteiger partial charge in [0.25, 0.3) is 0 Å². The average molecular weight is 291 g/mol. The molecule has 21 heavy (non-hydrogen) atoms. The molecule has 1 saturated heterocycles. The Kier molecular flexibility index (Phi) is 3.27. The Bertz CT molecular complexity index is 484. The summed E-state index contributed by atoms with van der Waals surface area (Å²) in [5.74, 6) is 0.603. The van der Waals surface area contributed by atoms with Crippen molar-refractivity contribution in [3.63, 3.8) is 0 Å². The molecule has 3 fully saturated rings. The molecule has 0 N–H and O–H groups in total. The lowest BCUT2D eigenvalue weighted by molar-refractivity contribution is -0.151. The highest BCUT2D eigenvalue weighted by Gasteiger charge is 2.73. The molecular weight excluding hydrogens is 262 g/mol. The maximum Gasteiger partial charge on any atom is 0.230 e.